The van der Waals surface area contributed by atoms with Crippen LogP contribution in [0, 0.1) is 24.6 Å². The van der Waals surface area contributed by atoms with E-state index < -0.39 is 53.6 Å². The second-order valence-electron chi connectivity index (χ2n) is 10.9. The molecule has 1 N–H and O–H groups in total. The quantitative estimate of drug-likeness (QED) is 0.405. The Bertz CT molecular complexity index is 1250. The highest BCUT2D eigenvalue weighted by molar-refractivity contribution is 5.85. The number of aryl methyl sites for hydroxylation is 1. The Hall–Kier alpha value is -2.86. The molecular formula is C29H33ClF7N3O2. The van der Waals surface area contributed by atoms with Gasteiger partial charge in [0.2, 0.25) is 11.8 Å². The number of benzene rings is 2. The zero-order chi connectivity index (χ0) is 30.1. The van der Waals surface area contributed by atoms with Crippen LogP contribution in [0.3, 0.4) is 0 Å². The van der Waals surface area contributed by atoms with Crippen molar-refractivity contribution in [3.05, 3.63) is 70.0 Å². The molecule has 0 aliphatic carbocycles. The van der Waals surface area contributed by atoms with Crippen molar-refractivity contribution in [1.82, 2.24) is 15.1 Å². The van der Waals surface area contributed by atoms with Gasteiger partial charge in [-0.15, -0.1) is 12.4 Å². The van der Waals surface area contributed by atoms with Gasteiger partial charge in [0.1, 0.15) is 5.82 Å². The molecule has 0 aromatic heterocycles. The highest BCUT2D eigenvalue weighted by Gasteiger charge is 2.41. The Morgan fingerprint density at radius 1 is 1.00 bits per heavy atom. The van der Waals surface area contributed by atoms with E-state index in [2.05, 4.69) is 5.32 Å². The minimum atomic E-state index is -5.00. The van der Waals surface area contributed by atoms with Gasteiger partial charge in [0.05, 0.1) is 17.0 Å². The first kappa shape index (κ1) is 33.6. The molecule has 2 aliphatic rings. The van der Waals surface area contributed by atoms with Crippen LogP contribution >= 0.6 is 12.4 Å². The second kappa shape index (κ2) is 13.2. The molecular weight excluding hydrogens is 591 g/mol. The molecule has 2 aliphatic heterocycles. The summed E-state index contributed by atoms with van der Waals surface area (Å²) in [6.07, 6.45) is -8.16. The molecule has 5 nitrogen and oxygen atoms in total. The number of halogens is 8. The number of carbonyl (C=O) groups excluding carboxylic acids is 2. The highest BCUT2D eigenvalue weighted by Crippen LogP contribution is 2.38. The molecule has 0 bridgehead atoms. The van der Waals surface area contributed by atoms with Crippen LogP contribution in [0.1, 0.15) is 53.0 Å². The van der Waals surface area contributed by atoms with E-state index in [4.69, 9.17) is 0 Å². The fourth-order valence-corrected chi connectivity index (χ4v) is 5.88. The van der Waals surface area contributed by atoms with E-state index in [1.54, 1.807) is 17.9 Å². The van der Waals surface area contributed by atoms with Crippen LogP contribution in [0.2, 0.25) is 0 Å². The molecule has 0 saturated carbocycles. The average Bonchev–Trinajstić information content (AvgIpc) is 2.91. The van der Waals surface area contributed by atoms with Crippen LogP contribution in [-0.2, 0) is 28.5 Å². The Labute approximate surface area is 245 Å². The Morgan fingerprint density at radius 2 is 1.64 bits per heavy atom. The van der Waals surface area contributed by atoms with Crippen LogP contribution in [0.15, 0.2) is 36.4 Å². The van der Waals surface area contributed by atoms with E-state index in [-0.39, 0.29) is 55.4 Å². The summed E-state index contributed by atoms with van der Waals surface area (Å²) < 4.78 is 94.0. The third-order valence-corrected chi connectivity index (χ3v) is 7.96. The molecule has 2 aromatic rings. The van der Waals surface area contributed by atoms with E-state index in [1.165, 1.54) is 19.2 Å². The van der Waals surface area contributed by atoms with Crippen molar-refractivity contribution in [1.29, 1.82) is 0 Å². The lowest BCUT2D eigenvalue weighted by molar-refractivity contribution is -0.144. The van der Waals surface area contributed by atoms with Gasteiger partial charge >= 0.3 is 12.4 Å². The van der Waals surface area contributed by atoms with Gasteiger partial charge in [-0.2, -0.15) is 26.3 Å². The number of nitrogens with zero attached hydrogens (tertiary/aromatic N) is 2. The molecule has 2 amide bonds. The Balaban J connectivity index is 0.00000484. The molecule has 13 heteroatoms. The summed E-state index contributed by atoms with van der Waals surface area (Å²) in [7, 11) is 1.33. The van der Waals surface area contributed by atoms with Crippen LogP contribution in [-0.4, -0.2) is 54.8 Å². The maximum atomic E-state index is 13.9. The van der Waals surface area contributed by atoms with E-state index in [0.717, 1.165) is 24.3 Å². The Morgan fingerprint density at radius 3 is 2.19 bits per heavy atom. The van der Waals surface area contributed by atoms with E-state index in [9.17, 15) is 40.3 Å². The highest BCUT2D eigenvalue weighted by atomic mass is 35.5. The number of alkyl halides is 6. The van der Waals surface area contributed by atoms with Crippen LogP contribution in [0.25, 0.3) is 0 Å². The van der Waals surface area contributed by atoms with Crippen molar-refractivity contribution in [3.8, 4) is 0 Å². The molecule has 232 valence electrons. The standard InChI is InChI=1S/C29H32F7N3O2.ClH/c1-17-10-22(30)5-6-23(17)25-16-39(26(40)19-4-3-8-37-14-19)9-7-24(25)27(41)38(2)15-18-11-20(28(31,32)33)13-21(12-18)29(34,35)36;/h5-6,10-13,19,24-25,37H,3-4,7-9,14-16H2,1-2H3;1H/t19?,24-,25+;/m1./s1. The molecule has 1 unspecified atom stereocenters. The summed E-state index contributed by atoms with van der Waals surface area (Å²) >= 11 is 0. The normalized spacial score (nSPS) is 21.5. The number of hydrogen-bond donors (Lipinski definition) is 1. The fraction of sp³-hybridized carbons (Fsp3) is 0.517. The maximum Gasteiger partial charge on any atom is 0.416 e. The number of rotatable bonds is 5. The van der Waals surface area contributed by atoms with Gasteiger partial charge in [-0.25, -0.2) is 4.39 Å². The van der Waals surface area contributed by atoms with Gasteiger partial charge in [-0.1, -0.05) is 6.07 Å². The largest absolute Gasteiger partial charge is 0.416 e. The van der Waals surface area contributed by atoms with Crippen molar-refractivity contribution in [2.24, 2.45) is 11.8 Å². The van der Waals surface area contributed by atoms with Gasteiger partial charge in [-0.05, 0) is 79.8 Å². The predicted molar refractivity (Wildman–Crippen MR) is 144 cm³/mol. The van der Waals surface area contributed by atoms with Crippen LogP contribution in [0.5, 0.6) is 0 Å². The number of nitrogens with one attached hydrogen (secondary N) is 1. The van der Waals surface area contributed by atoms with Crippen molar-refractivity contribution in [2.75, 3.05) is 33.2 Å². The molecule has 0 radical (unpaired) electrons. The molecule has 4 rings (SSSR count). The monoisotopic (exact) mass is 623 g/mol. The lowest BCUT2D eigenvalue weighted by atomic mass is 9.78. The smallest absolute Gasteiger partial charge is 0.342 e. The summed E-state index contributed by atoms with van der Waals surface area (Å²) in [6, 6.07) is 5.43. The Kier molecular flexibility index (Phi) is 10.6. The number of piperidine rings is 2. The summed E-state index contributed by atoms with van der Waals surface area (Å²) in [5, 5.41) is 3.21. The second-order valence-corrected chi connectivity index (χ2v) is 10.9. The van der Waals surface area contributed by atoms with Gasteiger partial charge < -0.3 is 15.1 Å². The molecule has 3 atom stereocenters. The van der Waals surface area contributed by atoms with E-state index in [1.807, 2.05) is 0 Å². The van der Waals surface area contributed by atoms with Gasteiger partial charge in [0.25, 0.3) is 0 Å². The first-order valence-corrected chi connectivity index (χ1v) is 13.4. The van der Waals surface area contributed by atoms with Crippen molar-refractivity contribution in [3.63, 3.8) is 0 Å². The third kappa shape index (κ3) is 7.75. The maximum absolute atomic E-state index is 13.9. The molecule has 2 aromatic carbocycles. The van der Waals surface area contributed by atoms with Crippen molar-refractivity contribution >= 4 is 24.2 Å². The van der Waals surface area contributed by atoms with E-state index >= 15 is 0 Å². The number of carbonyl (C=O) groups is 2. The predicted octanol–water partition coefficient (Wildman–Crippen LogP) is 6.18. The first-order valence-electron chi connectivity index (χ1n) is 13.4. The van der Waals surface area contributed by atoms with Gasteiger partial charge in [0, 0.05) is 45.1 Å². The number of hydrogen-bond acceptors (Lipinski definition) is 3. The van der Waals surface area contributed by atoms with Gasteiger partial charge in [0.15, 0.2) is 0 Å². The average molecular weight is 624 g/mol. The van der Waals surface area contributed by atoms with Crippen LogP contribution in [0.4, 0.5) is 30.7 Å². The molecule has 42 heavy (non-hydrogen) atoms. The lowest BCUT2D eigenvalue weighted by Gasteiger charge is -2.41. The summed E-state index contributed by atoms with van der Waals surface area (Å²) in [5.41, 5.74) is -1.97. The van der Waals surface area contributed by atoms with Gasteiger partial charge in [-0.3, -0.25) is 9.59 Å². The third-order valence-electron chi connectivity index (χ3n) is 7.96. The van der Waals surface area contributed by atoms with Crippen molar-refractivity contribution in [2.45, 2.75) is 51.0 Å². The minimum Gasteiger partial charge on any atom is -0.342 e. The summed E-state index contributed by atoms with van der Waals surface area (Å²) in [5.74, 6) is -2.43. The number of amides is 2. The SMILES string of the molecule is Cc1cc(F)ccc1[C@@H]1CN(C(=O)C2CCCNC2)CC[C@H]1C(=O)N(C)Cc1cc(C(F)(F)F)cc(C(F)(F)F)c1.Cl. The van der Waals surface area contributed by atoms with Crippen LogP contribution < -0.4 is 5.32 Å². The molecule has 0 spiro atoms. The minimum absolute atomic E-state index is 0. The van der Waals surface area contributed by atoms with E-state index in [0.29, 0.717) is 29.8 Å². The molecule has 2 saturated heterocycles. The van der Waals surface area contributed by atoms with Crippen molar-refractivity contribution < 1.29 is 40.3 Å². The lowest BCUT2D eigenvalue weighted by Crippen LogP contribution is -2.51. The summed E-state index contributed by atoms with van der Waals surface area (Å²) in [4.78, 5) is 29.8. The molecule has 2 heterocycles. The molecule has 2 fully saturated rings. The fourth-order valence-electron chi connectivity index (χ4n) is 5.88. The zero-order valence-corrected chi connectivity index (χ0v) is 23.9. The topological polar surface area (TPSA) is 52.7 Å². The summed E-state index contributed by atoms with van der Waals surface area (Å²) in [6.45, 7) is 3.06. The first-order chi connectivity index (χ1) is 19.1. The zero-order valence-electron chi connectivity index (χ0n) is 23.1. The number of likely N-dealkylation sites (tertiary alicyclic amines) is 1.